The smallest absolute Gasteiger partial charge is 0.326 e. The van der Waals surface area contributed by atoms with Gasteiger partial charge in [0.2, 0.25) is 16.9 Å². The molecule has 22 nitrogen and oxygen atoms in total. The Morgan fingerprint density at radius 3 is 1.43 bits per heavy atom. The fourth-order valence-corrected chi connectivity index (χ4v) is 5.01. The van der Waals surface area contributed by atoms with Gasteiger partial charge in [0.15, 0.2) is 0 Å². The number of thiol groups is 1. The molecule has 1 fully saturated rings. The van der Waals surface area contributed by atoms with E-state index in [1.165, 1.54) is 12.8 Å². The first kappa shape index (κ1) is 59.6. The number of hydrogen-bond acceptors (Lipinski definition) is 15. The second-order valence-corrected chi connectivity index (χ2v) is 16.0. The van der Waals surface area contributed by atoms with Gasteiger partial charge in [-0.15, -0.1) is 0 Å². The van der Waals surface area contributed by atoms with Gasteiger partial charge in [-0.2, -0.15) is 12.6 Å². The Bertz CT molecular complexity index is 1430. The number of carbonyl (C=O) groups excluding carboxylic acids is 5. The van der Waals surface area contributed by atoms with Crippen molar-refractivity contribution in [1.29, 1.82) is 0 Å². The highest BCUT2D eigenvalue weighted by Gasteiger charge is 2.28. The average Bonchev–Trinajstić information content (AvgIpc) is 3.70. The molecule has 0 aliphatic carbocycles. The molecule has 1 rings (SSSR count). The number of rotatable bonds is 23. The zero-order valence-corrected chi connectivity index (χ0v) is 37.0. The second kappa shape index (κ2) is 36.1. The van der Waals surface area contributed by atoms with E-state index in [-0.39, 0.29) is 50.9 Å². The molecule has 0 spiro atoms. The second-order valence-electron chi connectivity index (χ2n) is 14.5. The number of esters is 2. The third-order valence-corrected chi connectivity index (χ3v) is 7.70. The Kier molecular flexibility index (Phi) is 35.9. The minimum absolute atomic E-state index is 0.0427. The predicted octanol–water partition coefficient (Wildman–Crippen LogP) is 5.37. The predicted molar refractivity (Wildman–Crippen MR) is 224 cm³/mol. The van der Waals surface area contributed by atoms with Crippen molar-refractivity contribution in [3.8, 4) is 0 Å². The van der Waals surface area contributed by atoms with E-state index in [0.717, 1.165) is 25.0 Å². The zero-order valence-electron chi connectivity index (χ0n) is 35.3. The van der Waals surface area contributed by atoms with Gasteiger partial charge in [0.05, 0.1) is 25.7 Å². The quantitative estimate of drug-likeness (QED) is 0.0187. The summed E-state index contributed by atoms with van der Waals surface area (Å²) >= 11 is 4.43. The van der Waals surface area contributed by atoms with Crippen molar-refractivity contribution in [1.82, 2.24) is 10.6 Å². The fourth-order valence-electron chi connectivity index (χ4n) is 4.00. The molecule has 342 valence electrons. The first-order chi connectivity index (χ1) is 28.0. The molecule has 60 heavy (non-hydrogen) atoms. The van der Waals surface area contributed by atoms with Gasteiger partial charge in [0.1, 0.15) is 23.3 Å². The number of carboxylic acids is 3. The van der Waals surface area contributed by atoms with Gasteiger partial charge in [-0.1, -0.05) is 22.0 Å². The highest BCUT2D eigenvalue weighted by Crippen LogP contribution is 2.15. The number of azide groups is 2. The van der Waals surface area contributed by atoms with Crippen LogP contribution in [0, 0.1) is 0 Å². The lowest BCUT2D eigenvalue weighted by molar-refractivity contribution is -0.158. The highest BCUT2D eigenvalue weighted by atomic mass is 32.2. The molecule has 0 aromatic heterocycles. The molecular formula is C36H62N8O14S2. The summed E-state index contributed by atoms with van der Waals surface area (Å²) in [6, 6.07) is -2.41. The number of nitrogens with zero attached hydrogens (tertiary/aromatic N) is 6. The van der Waals surface area contributed by atoms with E-state index in [0.29, 0.717) is 31.4 Å². The normalized spacial score (nSPS) is 12.5. The maximum Gasteiger partial charge on any atom is 0.326 e. The van der Waals surface area contributed by atoms with Crippen LogP contribution in [-0.2, 0) is 52.6 Å². The van der Waals surface area contributed by atoms with Crippen LogP contribution in [0.2, 0.25) is 0 Å². The minimum Gasteiger partial charge on any atom is -0.481 e. The molecule has 1 aliphatic heterocycles. The molecule has 24 heteroatoms. The lowest BCUT2D eigenvalue weighted by Gasteiger charge is -2.22. The van der Waals surface area contributed by atoms with Crippen LogP contribution in [0.4, 0.5) is 0 Å². The Morgan fingerprint density at radius 2 is 1.12 bits per heavy atom. The number of nitrogens with one attached hydrogen (secondary N) is 2. The van der Waals surface area contributed by atoms with Crippen molar-refractivity contribution in [2.75, 3.05) is 37.8 Å². The van der Waals surface area contributed by atoms with E-state index >= 15 is 0 Å². The maximum atomic E-state index is 12.3. The largest absolute Gasteiger partial charge is 0.481 e. The third-order valence-electron chi connectivity index (χ3n) is 6.50. The van der Waals surface area contributed by atoms with E-state index in [1.54, 1.807) is 41.5 Å². The van der Waals surface area contributed by atoms with Crippen molar-refractivity contribution in [2.45, 2.75) is 142 Å². The van der Waals surface area contributed by atoms with E-state index in [2.05, 4.69) is 43.3 Å². The molecule has 2 amide bonds. The molecule has 5 N–H and O–H groups in total. The standard InChI is InChI=1S/C16H26N4O6S.C13H22N4O5.C4H8O.C3H6O2S/c1-16(2,3)26-14(24)10-11(15(25)27-9-7-13(22)23)19-12(21)6-4-5-8-18-20-17;1-13(2,3)22-11(19)8-9(12(20)21)16-10(18)6-4-5-7-15-17-14;1-2-4-5-3-1;4-3(5)1-2-6/h11H,4-10H2,1-3H3,(H,19,21)(H,22,23);9H,4-8H2,1-3H3,(H,16,18)(H,20,21);1-4H2;6H,1-2H2,(H,4,5)/t11-;9-;;/m00../s1. The van der Waals surface area contributed by atoms with Gasteiger partial charge >= 0.3 is 29.8 Å². The Hall–Kier alpha value is -4.76. The monoisotopic (exact) mass is 894 g/mol. The maximum absolute atomic E-state index is 12.3. The molecule has 0 radical (unpaired) electrons. The van der Waals surface area contributed by atoms with Crippen LogP contribution in [0.5, 0.6) is 0 Å². The number of aliphatic carboxylic acids is 3. The van der Waals surface area contributed by atoms with Crippen molar-refractivity contribution in [3.05, 3.63) is 20.9 Å². The minimum atomic E-state index is -1.32. The first-order valence-corrected chi connectivity index (χ1v) is 20.6. The van der Waals surface area contributed by atoms with Gasteiger partial charge in [0.25, 0.3) is 0 Å². The van der Waals surface area contributed by atoms with Gasteiger partial charge in [0, 0.05) is 60.5 Å². The molecule has 0 aromatic carbocycles. The number of carbonyl (C=O) groups is 8. The third kappa shape index (κ3) is 44.3. The van der Waals surface area contributed by atoms with Gasteiger partial charge in [-0.3, -0.25) is 33.6 Å². The molecule has 1 aliphatic rings. The number of hydrogen-bond donors (Lipinski definition) is 6. The molecule has 1 saturated heterocycles. The number of unbranched alkanes of at least 4 members (excludes halogenated alkanes) is 2. The Morgan fingerprint density at radius 1 is 0.700 bits per heavy atom. The molecule has 1 heterocycles. The molecule has 0 unspecified atom stereocenters. The summed E-state index contributed by atoms with van der Waals surface area (Å²) in [5, 5.41) is 36.5. The van der Waals surface area contributed by atoms with Crippen LogP contribution in [0.1, 0.15) is 119 Å². The number of thioether (sulfide) groups is 1. The van der Waals surface area contributed by atoms with Crippen molar-refractivity contribution in [2.24, 2.45) is 10.2 Å². The van der Waals surface area contributed by atoms with Crippen LogP contribution in [-0.4, -0.2) is 123 Å². The van der Waals surface area contributed by atoms with E-state index < -0.39 is 76.5 Å². The number of carboxylic acid groups (broad SMARTS) is 3. The van der Waals surface area contributed by atoms with E-state index in [9.17, 15) is 38.4 Å². The van der Waals surface area contributed by atoms with Gasteiger partial charge in [-0.25, -0.2) is 4.79 Å². The fraction of sp³-hybridized carbons (Fsp3) is 0.778. The first-order valence-electron chi connectivity index (χ1n) is 19.0. The van der Waals surface area contributed by atoms with Crippen LogP contribution in [0.15, 0.2) is 10.2 Å². The van der Waals surface area contributed by atoms with Crippen molar-refractivity contribution in [3.63, 3.8) is 0 Å². The molecule has 0 bridgehead atoms. The summed E-state index contributed by atoms with van der Waals surface area (Å²) in [5.41, 5.74) is 14.8. The van der Waals surface area contributed by atoms with Crippen LogP contribution >= 0.6 is 24.4 Å². The summed E-state index contributed by atoms with van der Waals surface area (Å²) in [4.78, 5) is 95.9. The summed E-state index contributed by atoms with van der Waals surface area (Å²) < 4.78 is 15.1. The van der Waals surface area contributed by atoms with Crippen LogP contribution in [0.25, 0.3) is 20.9 Å². The topological polar surface area (TPSA) is 347 Å². The van der Waals surface area contributed by atoms with Crippen LogP contribution < -0.4 is 10.6 Å². The molecule has 0 aromatic rings. The Balaban J connectivity index is -0.000000869. The number of amides is 2. The molecule has 0 saturated carbocycles. The Labute approximate surface area is 359 Å². The van der Waals surface area contributed by atoms with Crippen molar-refractivity contribution < 1.29 is 67.9 Å². The van der Waals surface area contributed by atoms with E-state index in [4.69, 9.17) is 40.6 Å². The molecule has 2 atom stereocenters. The summed E-state index contributed by atoms with van der Waals surface area (Å²) in [7, 11) is 0. The lowest BCUT2D eigenvalue weighted by atomic mass is 10.1. The average molecular weight is 895 g/mol. The SMILES string of the molecule is C1CCOC1.CC(C)(C)OC(=O)C[C@H](NC(=O)CCCCN=[N+]=[N-])C(=O)O.CC(C)(C)OC(=O)C[C@H](NC(=O)CCCCN=[N+]=[N-])C(=O)SCCC(=O)O.O=C(O)CCS. The summed E-state index contributed by atoms with van der Waals surface area (Å²) in [5.74, 6) is -4.88. The van der Waals surface area contributed by atoms with Gasteiger partial charge < -0.3 is 40.2 Å². The zero-order chi connectivity index (χ0) is 46.6. The summed E-state index contributed by atoms with van der Waals surface area (Å²) in [6.07, 6.45) is 3.92. The number of ether oxygens (including phenoxy) is 3. The van der Waals surface area contributed by atoms with Crippen LogP contribution in [0.3, 0.4) is 0 Å². The summed E-state index contributed by atoms with van der Waals surface area (Å²) in [6.45, 7) is 12.6. The van der Waals surface area contributed by atoms with Crippen molar-refractivity contribution >= 4 is 71.2 Å². The van der Waals surface area contributed by atoms with Gasteiger partial charge in [-0.05, 0) is 91.1 Å². The highest BCUT2D eigenvalue weighted by molar-refractivity contribution is 8.13. The van der Waals surface area contributed by atoms with E-state index in [1.807, 2.05) is 0 Å². The molecular weight excluding hydrogens is 833 g/mol. The lowest BCUT2D eigenvalue weighted by Crippen LogP contribution is -2.43.